The van der Waals surface area contributed by atoms with Crippen molar-refractivity contribution < 1.29 is 0 Å². The number of aromatic nitrogens is 1. The Labute approximate surface area is 125 Å². The zero-order valence-electron chi connectivity index (χ0n) is 12.4. The second-order valence-corrected chi connectivity index (χ2v) is 6.29. The van der Waals surface area contributed by atoms with E-state index in [1.165, 1.54) is 4.88 Å². The fourth-order valence-corrected chi connectivity index (χ4v) is 2.84. The average molecular weight is 289 g/mol. The Morgan fingerprint density at radius 1 is 1.30 bits per heavy atom. The summed E-state index contributed by atoms with van der Waals surface area (Å²) in [5, 5.41) is 2.12. The minimum atomic E-state index is 0.0360. The summed E-state index contributed by atoms with van der Waals surface area (Å²) < 4.78 is 0. The molecule has 108 valence electrons. The van der Waals surface area contributed by atoms with Gasteiger partial charge in [-0.2, -0.15) is 0 Å². The third-order valence-corrected chi connectivity index (χ3v) is 4.31. The molecule has 0 fully saturated rings. The highest BCUT2D eigenvalue weighted by molar-refractivity contribution is 7.09. The van der Waals surface area contributed by atoms with E-state index in [9.17, 15) is 0 Å². The molecule has 0 radical (unpaired) electrons. The lowest BCUT2D eigenvalue weighted by Gasteiger charge is -2.28. The van der Waals surface area contributed by atoms with Crippen molar-refractivity contribution in [2.24, 2.45) is 5.73 Å². The molecule has 20 heavy (non-hydrogen) atoms. The second kappa shape index (κ2) is 6.86. The zero-order chi connectivity index (χ0) is 14.5. The minimum Gasteiger partial charge on any atom is -0.363 e. The Bertz CT molecular complexity index is 505. The summed E-state index contributed by atoms with van der Waals surface area (Å²) in [5.74, 6) is 0. The van der Waals surface area contributed by atoms with Crippen molar-refractivity contribution in [1.29, 1.82) is 0 Å². The van der Waals surface area contributed by atoms with Crippen LogP contribution in [0.25, 0.3) is 0 Å². The predicted octanol–water partition coefficient (Wildman–Crippen LogP) is 3.97. The van der Waals surface area contributed by atoms with E-state index in [4.69, 9.17) is 5.73 Å². The molecule has 1 atom stereocenters. The Balaban J connectivity index is 2.17. The molecular formula is C16H23N3S. The van der Waals surface area contributed by atoms with E-state index in [1.54, 1.807) is 11.3 Å². The minimum absolute atomic E-state index is 0.0360. The van der Waals surface area contributed by atoms with Crippen LogP contribution in [0.1, 0.15) is 43.8 Å². The van der Waals surface area contributed by atoms with E-state index in [2.05, 4.69) is 54.2 Å². The van der Waals surface area contributed by atoms with Gasteiger partial charge in [-0.3, -0.25) is 4.98 Å². The third-order valence-electron chi connectivity index (χ3n) is 3.45. The fourth-order valence-electron chi connectivity index (χ4n) is 2.14. The van der Waals surface area contributed by atoms with Gasteiger partial charge in [0.1, 0.15) is 0 Å². The first-order valence-electron chi connectivity index (χ1n) is 7.12. The van der Waals surface area contributed by atoms with Gasteiger partial charge in [0.05, 0.1) is 24.1 Å². The Kier molecular flexibility index (Phi) is 5.15. The number of hydrogen-bond donors (Lipinski definition) is 1. The highest BCUT2D eigenvalue weighted by Gasteiger charge is 2.13. The van der Waals surface area contributed by atoms with E-state index in [1.807, 2.05) is 12.3 Å². The molecule has 2 aromatic heterocycles. The Hall–Kier alpha value is -1.39. The van der Waals surface area contributed by atoms with Gasteiger partial charge >= 0.3 is 0 Å². The molecule has 0 aliphatic rings. The van der Waals surface area contributed by atoms with Crippen LogP contribution in [0.4, 0.5) is 5.69 Å². The largest absolute Gasteiger partial charge is 0.363 e. The lowest BCUT2D eigenvalue weighted by Crippen LogP contribution is -2.30. The highest BCUT2D eigenvalue weighted by Crippen LogP contribution is 2.22. The van der Waals surface area contributed by atoms with Gasteiger partial charge in [-0.05, 0) is 43.8 Å². The molecule has 0 aliphatic carbocycles. The molecule has 0 aromatic carbocycles. The van der Waals surface area contributed by atoms with Crippen LogP contribution in [0.15, 0.2) is 35.8 Å². The molecule has 0 amide bonds. The van der Waals surface area contributed by atoms with Crippen LogP contribution in [0.3, 0.4) is 0 Å². The third kappa shape index (κ3) is 3.58. The van der Waals surface area contributed by atoms with Gasteiger partial charge in [-0.15, -0.1) is 11.3 Å². The standard InChI is InChI=1S/C16H23N3S/c1-4-15(17)16-8-7-13(10-18-16)19(12(2)3)11-14-6-5-9-20-14/h5-10,12,15H,4,11,17H2,1-3H3. The highest BCUT2D eigenvalue weighted by atomic mass is 32.1. The maximum Gasteiger partial charge on any atom is 0.0572 e. The van der Waals surface area contributed by atoms with E-state index < -0.39 is 0 Å². The van der Waals surface area contributed by atoms with Crippen molar-refractivity contribution in [2.45, 2.75) is 45.8 Å². The van der Waals surface area contributed by atoms with Crippen molar-refractivity contribution in [1.82, 2.24) is 4.98 Å². The molecule has 0 saturated heterocycles. The predicted molar refractivity (Wildman–Crippen MR) is 87.1 cm³/mol. The van der Waals surface area contributed by atoms with Crippen LogP contribution < -0.4 is 10.6 Å². The van der Waals surface area contributed by atoms with Crippen LogP contribution in [0.2, 0.25) is 0 Å². The van der Waals surface area contributed by atoms with Gasteiger partial charge in [0.15, 0.2) is 0 Å². The molecule has 2 N–H and O–H groups in total. The van der Waals surface area contributed by atoms with E-state index in [0.29, 0.717) is 6.04 Å². The quantitative estimate of drug-likeness (QED) is 0.875. The van der Waals surface area contributed by atoms with Crippen LogP contribution in [-0.2, 0) is 6.54 Å². The number of hydrogen-bond acceptors (Lipinski definition) is 4. The van der Waals surface area contributed by atoms with Gasteiger partial charge in [0.2, 0.25) is 0 Å². The van der Waals surface area contributed by atoms with Gasteiger partial charge in [-0.1, -0.05) is 13.0 Å². The first kappa shape index (κ1) is 15.0. The van der Waals surface area contributed by atoms with Crippen LogP contribution in [0.5, 0.6) is 0 Å². The van der Waals surface area contributed by atoms with Gasteiger partial charge < -0.3 is 10.6 Å². The summed E-state index contributed by atoms with van der Waals surface area (Å²) in [7, 11) is 0. The van der Waals surface area contributed by atoms with Crippen molar-refractivity contribution in [3.63, 3.8) is 0 Å². The maximum atomic E-state index is 6.02. The summed E-state index contributed by atoms with van der Waals surface area (Å²) >= 11 is 1.79. The summed E-state index contributed by atoms with van der Waals surface area (Å²) in [6.45, 7) is 7.42. The van der Waals surface area contributed by atoms with E-state index >= 15 is 0 Å². The number of nitrogens with two attached hydrogens (primary N) is 1. The normalized spacial score (nSPS) is 12.7. The molecule has 2 aromatic rings. The molecule has 0 bridgehead atoms. The molecule has 3 nitrogen and oxygen atoms in total. The van der Waals surface area contributed by atoms with E-state index in [-0.39, 0.29) is 6.04 Å². The van der Waals surface area contributed by atoms with Gasteiger partial charge in [0, 0.05) is 17.0 Å². The Morgan fingerprint density at radius 3 is 2.60 bits per heavy atom. The molecule has 2 heterocycles. The molecule has 1 unspecified atom stereocenters. The van der Waals surface area contributed by atoms with Crippen molar-refractivity contribution >= 4 is 17.0 Å². The number of rotatable bonds is 6. The van der Waals surface area contributed by atoms with E-state index in [0.717, 1.165) is 24.3 Å². The summed E-state index contributed by atoms with van der Waals surface area (Å²) in [6, 6.07) is 8.92. The maximum absolute atomic E-state index is 6.02. The molecular weight excluding hydrogens is 266 g/mol. The van der Waals surface area contributed by atoms with Gasteiger partial charge in [0.25, 0.3) is 0 Å². The molecule has 0 spiro atoms. The lowest BCUT2D eigenvalue weighted by molar-refractivity contribution is 0.666. The summed E-state index contributed by atoms with van der Waals surface area (Å²) in [5.41, 5.74) is 8.14. The number of nitrogens with zero attached hydrogens (tertiary/aromatic N) is 2. The van der Waals surface area contributed by atoms with Crippen molar-refractivity contribution in [2.75, 3.05) is 4.90 Å². The summed E-state index contributed by atoms with van der Waals surface area (Å²) in [4.78, 5) is 8.25. The Morgan fingerprint density at radius 2 is 2.10 bits per heavy atom. The van der Waals surface area contributed by atoms with Gasteiger partial charge in [-0.25, -0.2) is 0 Å². The molecule has 4 heteroatoms. The lowest BCUT2D eigenvalue weighted by atomic mass is 10.1. The second-order valence-electron chi connectivity index (χ2n) is 5.26. The SMILES string of the molecule is CCC(N)c1ccc(N(Cc2cccs2)C(C)C)cn1. The fraction of sp³-hybridized carbons (Fsp3) is 0.438. The zero-order valence-corrected chi connectivity index (χ0v) is 13.2. The number of thiophene rings is 1. The van der Waals surface area contributed by atoms with Crippen LogP contribution in [-0.4, -0.2) is 11.0 Å². The van der Waals surface area contributed by atoms with Crippen molar-refractivity contribution in [3.8, 4) is 0 Å². The van der Waals surface area contributed by atoms with Crippen LogP contribution >= 0.6 is 11.3 Å². The topological polar surface area (TPSA) is 42.1 Å². The first-order chi connectivity index (χ1) is 9.61. The number of pyridine rings is 1. The first-order valence-corrected chi connectivity index (χ1v) is 8.00. The monoisotopic (exact) mass is 289 g/mol. The smallest absolute Gasteiger partial charge is 0.0572 e. The molecule has 2 rings (SSSR count). The molecule has 0 saturated carbocycles. The number of anilines is 1. The van der Waals surface area contributed by atoms with Crippen molar-refractivity contribution in [3.05, 3.63) is 46.4 Å². The molecule has 0 aliphatic heterocycles. The van der Waals surface area contributed by atoms with Crippen LogP contribution in [0, 0.1) is 0 Å². The summed E-state index contributed by atoms with van der Waals surface area (Å²) in [6.07, 6.45) is 2.86. The average Bonchev–Trinajstić information content (AvgIpc) is 2.97.